The molecule has 3 N–H and O–H groups in total. The standard InChI is InChI=1S/C55H105NO5/c1-3-5-7-9-11-13-14-29-33-37-41-45-49-55(60)61-50-46-42-38-34-30-27-25-23-21-19-17-15-16-18-20-22-24-26-28-32-36-40-44-48-54(59)56-52(51-57)53(58)47-43-39-35-31-12-10-8-6-4-2/h15,17-18,20,52-53,57-58H,3-14,16,19,21-51H2,1-2H3,(H,56,59)/b17-15-,20-18-. The number of aliphatic hydroxyl groups excluding tert-OH is 2. The van der Waals surface area contributed by atoms with Crippen molar-refractivity contribution in [2.45, 2.75) is 302 Å². The lowest BCUT2D eigenvalue weighted by Gasteiger charge is -2.22. The van der Waals surface area contributed by atoms with Crippen LogP contribution in [0.3, 0.4) is 0 Å². The number of aliphatic hydroxyl groups is 2. The highest BCUT2D eigenvalue weighted by Gasteiger charge is 2.20. The van der Waals surface area contributed by atoms with E-state index < -0.39 is 12.1 Å². The summed E-state index contributed by atoms with van der Waals surface area (Å²) in [5, 5.41) is 23.1. The minimum atomic E-state index is -0.668. The predicted molar refractivity (Wildman–Crippen MR) is 264 cm³/mol. The molecule has 0 fully saturated rings. The summed E-state index contributed by atoms with van der Waals surface area (Å²) in [5.74, 6) is -0.0404. The summed E-state index contributed by atoms with van der Waals surface area (Å²) < 4.78 is 5.46. The molecule has 6 heteroatoms. The summed E-state index contributed by atoms with van der Waals surface area (Å²) in [6, 6.07) is -0.546. The van der Waals surface area contributed by atoms with Crippen LogP contribution in [0.15, 0.2) is 24.3 Å². The third-order valence-corrected chi connectivity index (χ3v) is 12.5. The molecule has 0 aliphatic heterocycles. The summed E-state index contributed by atoms with van der Waals surface area (Å²) in [6.07, 6.45) is 60.3. The minimum Gasteiger partial charge on any atom is -0.466 e. The first kappa shape index (κ1) is 59.3. The van der Waals surface area contributed by atoms with Gasteiger partial charge in [0.2, 0.25) is 5.91 Å². The Balaban J connectivity index is 3.42. The number of ether oxygens (including phenoxy) is 1. The van der Waals surface area contributed by atoms with E-state index in [1.165, 1.54) is 205 Å². The second kappa shape index (κ2) is 51.0. The van der Waals surface area contributed by atoms with Crippen LogP contribution in [0.4, 0.5) is 0 Å². The molecule has 0 aliphatic rings. The van der Waals surface area contributed by atoms with Gasteiger partial charge in [-0.15, -0.1) is 0 Å². The van der Waals surface area contributed by atoms with Crippen molar-refractivity contribution in [2.24, 2.45) is 0 Å². The maximum Gasteiger partial charge on any atom is 0.305 e. The van der Waals surface area contributed by atoms with E-state index in [0.29, 0.717) is 25.9 Å². The first-order valence-corrected chi connectivity index (χ1v) is 27.1. The molecule has 6 nitrogen and oxygen atoms in total. The number of rotatable bonds is 50. The third kappa shape index (κ3) is 47.7. The van der Waals surface area contributed by atoms with Gasteiger partial charge in [-0.1, -0.05) is 244 Å². The Labute approximate surface area is 380 Å². The van der Waals surface area contributed by atoms with E-state index in [1.54, 1.807) is 0 Å². The highest BCUT2D eigenvalue weighted by Crippen LogP contribution is 2.16. The van der Waals surface area contributed by atoms with Gasteiger partial charge < -0.3 is 20.3 Å². The zero-order valence-corrected chi connectivity index (χ0v) is 40.9. The van der Waals surface area contributed by atoms with Gasteiger partial charge in [0, 0.05) is 12.8 Å². The van der Waals surface area contributed by atoms with Gasteiger partial charge in [-0.3, -0.25) is 9.59 Å². The molecule has 1 amide bonds. The van der Waals surface area contributed by atoms with Crippen LogP contribution in [0.5, 0.6) is 0 Å². The van der Waals surface area contributed by atoms with E-state index in [4.69, 9.17) is 4.74 Å². The molecule has 0 heterocycles. The Kier molecular flexibility index (Phi) is 49.6. The summed E-state index contributed by atoms with van der Waals surface area (Å²) >= 11 is 0. The van der Waals surface area contributed by atoms with Crippen LogP contribution in [0, 0.1) is 0 Å². The molecule has 2 unspecified atom stereocenters. The topological polar surface area (TPSA) is 95.9 Å². The molecule has 0 aromatic rings. The van der Waals surface area contributed by atoms with Crippen molar-refractivity contribution in [3.05, 3.63) is 24.3 Å². The van der Waals surface area contributed by atoms with Crippen molar-refractivity contribution in [1.82, 2.24) is 5.32 Å². The predicted octanol–water partition coefficient (Wildman–Crippen LogP) is 16.3. The first-order valence-electron chi connectivity index (χ1n) is 27.1. The molecular weight excluding hydrogens is 755 g/mol. The van der Waals surface area contributed by atoms with E-state index in [0.717, 1.165) is 51.4 Å². The molecule has 0 aliphatic carbocycles. The van der Waals surface area contributed by atoms with E-state index in [-0.39, 0.29) is 18.5 Å². The van der Waals surface area contributed by atoms with Crippen LogP contribution in [0.2, 0.25) is 0 Å². The number of esters is 1. The molecule has 0 aromatic heterocycles. The number of carbonyl (C=O) groups is 2. The molecule has 0 rings (SSSR count). The average molecular weight is 860 g/mol. The highest BCUT2D eigenvalue weighted by atomic mass is 16.5. The maximum atomic E-state index is 12.4. The lowest BCUT2D eigenvalue weighted by Crippen LogP contribution is -2.45. The molecule has 0 saturated heterocycles. The summed E-state index contributed by atoms with van der Waals surface area (Å²) in [4.78, 5) is 24.4. The zero-order chi connectivity index (χ0) is 44.4. The molecule has 0 radical (unpaired) electrons. The fourth-order valence-electron chi connectivity index (χ4n) is 8.32. The van der Waals surface area contributed by atoms with Crippen LogP contribution in [-0.2, 0) is 14.3 Å². The van der Waals surface area contributed by atoms with Gasteiger partial charge in [0.25, 0.3) is 0 Å². The first-order chi connectivity index (χ1) is 30.0. The molecule has 0 spiro atoms. The molecule has 360 valence electrons. The van der Waals surface area contributed by atoms with Crippen molar-refractivity contribution in [1.29, 1.82) is 0 Å². The van der Waals surface area contributed by atoms with Crippen LogP contribution in [0.1, 0.15) is 290 Å². The Hall–Kier alpha value is -1.66. The monoisotopic (exact) mass is 860 g/mol. The van der Waals surface area contributed by atoms with E-state index in [1.807, 2.05) is 0 Å². The van der Waals surface area contributed by atoms with Crippen molar-refractivity contribution < 1.29 is 24.5 Å². The molecule has 0 saturated carbocycles. The second-order valence-corrected chi connectivity index (χ2v) is 18.6. The van der Waals surface area contributed by atoms with E-state index >= 15 is 0 Å². The van der Waals surface area contributed by atoms with Crippen molar-refractivity contribution in [3.8, 4) is 0 Å². The number of hydrogen-bond donors (Lipinski definition) is 3. The maximum absolute atomic E-state index is 12.4. The largest absolute Gasteiger partial charge is 0.466 e. The van der Waals surface area contributed by atoms with Crippen molar-refractivity contribution >= 4 is 11.9 Å². The van der Waals surface area contributed by atoms with Crippen molar-refractivity contribution in [2.75, 3.05) is 13.2 Å². The quantitative estimate of drug-likeness (QED) is 0.0322. The number of amides is 1. The van der Waals surface area contributed by atoms with Gasteiger partial charge in [0.1, 0.15) is 0 Å². The number of unbranched alkanes of at least 4 members (excludes halogenated alkanes) is 35. The van der Waals surface area contributed by atoms with E-state index in [9.17, 15) is 19.8 Å². The summed E-state index contributed by atoms with van der Waals surface area (Å²) in [5.41, 5.74) is 0. The molecule has 61 heavy (non-hydrogen) atoms. The lowest BCUT2D eigenvalue weighted by atomic mass is 10.0. The Bertz CT molecular complexity index is 951. The van der Waals surface area contributed by atoms with Gasteiger partial charge >= 0.3 is 5.97 Å². The Morgan fingerprint density at radius 3 is 1.25 bits per heavy atom. The highest BCUT2D eigenvalue weighted by molar-refractivity contribution is 5.76. The number of carbonyl (C=O) groups excluding carboxylic acids is 2. The third-order valence-electron chi connectivity index (χ3n) is 12.5. The average Bonchev–Trinajstić information content (AvgIpc) is 3.26. The Morgan fingerprint density at radius 1 is 0.459 bits per heavy atom. The second-order valence-electron chi connectivity index (χ2n) is 18.6. The number of hydrogen-bond acceptors (Lipinski definition) is 5. The van der Waals surface area contributed by atoms with Crippen LogP contribution >= 0.6 is 0 Å². The smallest absolute Gasteiger partial charge is 0.305 e. The zero-order valence-electron chi connectivity index (χ0n) is 40.9. The van der Waals surface area contributed by atoms with Gasteiger partial charge in [-0.2, -0.15) is 0 Å². The Morgan fingerprint density at radius 2 is 0.820 bits per heavy atom. The van der Waals surface area contributed by atoms with Gasteiger partial charge in [0.05, 0.1) is 25.4 Å². The summed E-state index contributed by atoms with van der Waals surface area (Å²) in [6.45, 7) is 4.92. The normalized spacial score (nSPS) is 12.8. The fourth-order valence-corrected chi connectivity index (χ4v) is 8.32. The van der Waals surface area contributed by atoms with Gasteiger partial charge in [0.15, 0.2) is 0 Å². The van der Waals surface area contributed by atoms with E-state index in [2.05, 4.69) is 43.5 Å². The van der Waals surface area contributed by atoms with Crippen LogP contribution in [0.25, 0.3) is 0 Å². The van der Waals surface area contributed by atoms with Gasteiger partial charge in [-0.25, -0.2) is 0 Å². The number of allylic oxidation sites excluding steroid dienone is 4. The molecule has 2 atom stereocenters. The number of nitrogens with one attached hydrogen (secondary N) is 1. The fraction of sp³-hybridized carbons (Fsp3) is 0.891. The SMILES string of the molecule is CCCCCCCCCCCCCCC(=O)OCCCCCCCCCCC/C=C\C/C=C\CCCCCCCCCC(=O)NC(CO)C(O)CCCCCCCCCCC. The molecule has 0 aromatic carbocycles. The minimum absolute atomic E-state index is 0.00741. The lowest BCUT2D eigenvalue weighted by molar-refractivity contribution is -0.143. The van der Waals surface area contributed by atoms with Crippen LogP contribution in [-0.4, -0.2) is 47.4 Å². The molecular formula is C55H105NO5. The van der Waals surface area contributed by atoms with Crippen LogP contribution < -0.4 is 5.32 Å². The van der Waals surface area contributed by atoms with Gasteiger partial charge in [-0.05, 0) is 57.8 Å². The van der Waals surface area contributed by atoms with Crippen molar-refractivity contribution in [3.63, 3.8) is 0 Å². The summed E-state index contributed by atoms with van der Waals surface area (Å²) in [7, 11) is 0. The molecule has 0 bridgehead atoms.